The van der Waals surface area contributed by atoms with E-state index in [1.54, 1.807) is 13.8 Å². The minimum Gasteiger partial charge on any atom is -0.462 e. The molecule has 0 atom stereocenters. The molecule has 156 valence electrons. The van der Waals surface area contributed by atoms with Crippen molar-refractivity contribution < 1.29 is 27.5 Å². The molecular weight excluding hydrogens is 408 g/mol. The molecule has 3 N–H and O–H groups in total. The number of hydrogen-bond donors (Lipinski definition) is 2. The van der Waals surface area contributed by atoms with Gasteiger partial charge in [-0.25, -0.2) is 13.2 Å². The molecule has 0 unspecified atom stereocenters. The van der Waals surface area contributed by atoms with Crippen molar-refractivity contribution in [1.29, 1.82) is 0 Å². The summed E-state index contributed by atoms with van der Waals surface area (Å²) in [7, 11) is -3.24. The minimum absolute atomic E-state index is 0.0305. The molecule has 2 rings (SSSR count). The van der Waals surface area contributed by atoms with Gasteiger partial charge >= 0.3 is 5.97 Å². The average Bonchev–Trinajstić information content (AvgIpc) is 2.91. The van der Waals surface area contributed by atoms with Gasteiger partial charge in [0.1, 0.15) is 5.00 Å². The fourth-order valence-electron chi connectivity index (χ4n) is 2.87. The molecule has 1 aromatic heterocycles. The molecule has 2 heterocycles. The number of thiophene rings is 1. The van der Waals surface area contributed by atoms with E-state index in [4.69, 9.17) is 10.5 Å². The third kappa shape index (κ3) is 5.28. The molecule has 12 heteroatoms. The smallest absolute Gasteiger partial charge is 0.341 e. The zero-order valence-corrected chi connectivity index (χ0v) is 17.6. The van der Waals surface area contributed by atoms with E-state index in [2.05, 4.69) is 5.32 Å². The van der Waals surface area contributed by atoms with E-state index < -0.39 is 21.9 Å². The zero-order chi connectivity index (χ0) is 21.1. The van der Waals surface area contributed by atoms with Crippen molar-refractivity contribution in [3.8, 4) is 0 Å². The van der Waals surface area contributed by atoms with E-state index in [9.17, 15) is 22.8 Å². The maximum Gasteiger partial charge on any atom is 0.341 e. The molecule has 1 aromatic rings. The standard InChI is InChI=1S/C16H24N4O6S2/c1-4-26-16(23)12-10(2)13(14(17)22)27-15(12)18-11(21)9-19-5-7-20(8-6-19)28(3,24)25/h4-9H2,1-3H3,(H2,17,22)(H,18,21). The highest BCUT2D eigenvalue weighted by atomic mass is 32.2. The van der Waals surface area contributed by atoms with Crippen LogP contribution in [0.2, 0.25) is 0 Å². The number of nitrogens with one attached hydrogen (secondary N) is 1. The van der Waals surface area contributed by atoms with E-state index in [1.165, 1.54) is 4.31 Å². The summed E-state index contributed by atoms with van der Waals surface area (Å²) < 4.78 is 29.5. The van der Waals surface area contributed by atoms with Crippen molar-refractivity contribution in [2.24, 2.45) is 5.73 Å². The summed E-state index contributed by atoms with van der Waals surface area (Å²) in [5.41, 5.74) is 5.83. The van der Waals surface area contributed by atoms with E-state index in [0.717, 1.165) is 17.6 Å². The predicted molar refractivity (Wildman–Crippen MR) is 105 cm³/mol. The summed E-state index contributed by atoms with van der Waals surface area (Å²) in [6.07, 6.45) is 1.15. The monoisotopic (exact) mass is 432 g/mol. The SMILES string of the molecule is CCOC(=O)c1c(NC(=O)CN2CCN(S(C)(=O)=O)CC2)sc(C(N)=O)c1C. The summed E-state index contributed by atoms with van der Waals surface area (Å²) in [5.74, 6) is -1.71. The lowest BCUT2D eigenvalue weighted by Crippen LogP contribution is -2.50. The summed E-state index contributed by atoms with van der Waals surface area (Å²) in [5, 5.41) is 2.86. The highest BCUT2D eigenvalue weighted by Gasteiger charge is 2.27. The van der Waals surface area contributed by atoms with Crippen LogP contribution in [0.5, 0.6) is 0 Å². The lowest BCUT2D eigenvalue weighted by atomic mass is 10.1. The molecule has 10 nitrogen and oxygen atoms in total. The first-order valence-corrected chi connectivity index (χ1v) is 11.3. The second kappa shape index (κ2) is 8.99. The number of amides is 2. The number of esters is 1. The minimum atomic E-state index is -3.24. The van der Waals surface area contributed by atoms with Crippen LogP contribution in [0, 0.1) is 6.92 Å². The van der Waals surface area contributed by atoms with Crippen molar-refractivity contribution in [3.05, 3.63) is 16.0 Å². The number of sulfonamides is 1. The van der Waals surface area contributed by atoms with Crippen LogP contribution in [0.4, 0.5) is 5.00 Å². The lowest BCUT2D eigenvalue weighted by molar-refractivity contribution is -0.117. The summed E-state index contributed by atoms with van der Waals surface area (Å²) >= 11 is 0.929. The predicted octanol–water partition coefficient (Wildman–Crippen LogP) is -0.152. The number of rotatable bonds is 7. The van der Waals surface area contributed by atoms with Gasteiger partial charge in [0.05, 0.1) is 29.8 Å². The molecule has 1 fully saturated rings. The Balaban J connectivity index is 2.08. The Morgan fingerprint density at radius 1 is 1.21 bits per heavy atom. The van der Waals surface area contributed by atoms with Gasteiger partial charge in [0, 0.05) is 26.2 Å². The number of nitrogens with two attached hydrogens (primary N) is 1. The van der Waals surface area contributed by atoms with Gasteiger partial charge in [-0.1, -0.05) is 0 Å². The van der Waals surface area contributed by atoms with E-state index >= 15 is 0 Å². The van der Waals surface area contributed by atoms with Gasteiger partial charge in [-0.3, -0.25) is 14.5 Å². The normalized spacial score (nSPS) is 16.0. The first-order chi connectivity index (χ1) is 13.0. The van der Waals surface area contributed by atoms with Crippen LogP contribution in [-0.2, 0) is 19.6 Å². The van der Waals surface area contributed by atoms with Crippen molar-refractivity contribution in [2.45, 2.75) is 13.8 Å². The third-order valence-corrected chi connectivity index (χ3v) is 6.80. The number of hydrogen-bond acceptors (Lipinski definition) is 8. The molecule has 1 aliphatic heterocycles. The Labute approximate surface area is 167 Å². The van der Waals surface area contributed by atoms with Crippen LogP contribution in [-0.4, -0.2) is 81.0 Å². The quantitative estimate of drug-likeness (QED) is 0.571. The van der Waals surface area contributed by atoms with E-state index in [0.29, 0.717) is 31.7 Å². The summed E-state index contributed by atoms with van der Waals surface area (Å²) in [6.45, 7) is 4.86. The van der Waals surface area contributed by atoms with Gasteiger partial charge in [0.15, 0.2) is 0 Å². The molecule has 0 aliphatic carbocycles. The van der Waals surface area contributed by atoms with Crippen molar-refractivity contribution in [3.63, 3.8) is 0 Å². The Morgan fingerprint density at radius 3 is 2.32 bits per heavy atom. The maximum absolute atomic E-state index is 12.4. The number of piperazine rings is 1. The van der Waals surface area contributed by atoms with Crippen LogP contribution < -0.4 is 11.1 Å². The molecular formula is C16H24N4O6S2. The number of carbonyl (C=O) groups excluding carboxylic acids is 3. The number of primary amides is 1. The molecule has 28 heavy (non-hydrogen) atoms. The largest absolute Gasteiger partial charge is 0.462 e. The van der Waals surface area contributed by atoms with Gasteiger partial charge in [0.25, 0.3) is 5.91 Å². The fraction of sp³-hybridized carbons (Fsp3) is 0.562. The van der Waals surface area contributed by atoms with Crippen LogP contribution >= 0.6 is 11.3 Å². The number of ether oxygens (including phenoxy) is 1. The van der Waals surface area contributed by atoms with Crippen molar-refractivity contribution >= 4 is 44.1 Å². The van der Waals surface area contributed by atoms with Crippen LogP contribution in [0.1, 0.15) is 32.5 Å². The van der Waals surface area contributed by atoms with Crippen LogP contribution in [0.3, 0.4) is 0 Å². The van der Waals surface area contributed by atoms with Gasteiger partial charge in [-0.2, -0.15) is 4.31 Å². The molecule has 0 radical (unpaired) electrons. The van der Waals surface area contributed by atoms with E-state index in [-0.39, 0.29) is 34.5 Å². The summed E-state index contributed by atoms with van der Waals surface area (Å²) in [6, 6.07) is 0. The molecule has 2 amide bonds. The molecule has 0 spiro atoms. The molecule has 0 bridgehead atoms. The molecule has 0 aromatic carbocycles. The Morgan fingerprint density at radius 2 is 1.82 bits per heavy atom. The van der Waals surface area contributed by atoms with Gasteiger partial charge in [-0.15, -0.1) is 11.3 Å². The number of nitrogens with zero attached hydrogens (tertiary/aromatic N) is 2. The lowest BCUT2D eigenvalue weighted by Gasteiger charge is -2.32. The van der Waals surface area contributed by atoms with Crippen molar-refractivity contribution in [1.82, 2.24) is 9.21 Å². The van der Waals surface area contributed by atoms with E-state index in [1.807, 2.05) is 4.90 Å². The number of anilines is 1. The Bertz CT molecular complexity index is 872. The second-order valence-corrected chi connectivity index (χ2v) is 9.33. The van der Waals surface area contributed by atoms with Crippen molar-refractivity contribution in [2.75, 3.05) is 50.9 Å². The topological polar surface area (TPSA) is 139 Å². The average molecular weight is 433 g/mol. The zero-order valence-electron chi connectivity index (χ0n) is 16.0. The molecule has 0 saturated carbocycles. The first kappa shape index (κ1) is 22.3. The third-order valence-electron chi connectivity index (χ3n) is 4.27. The maximum atomic E-state index is 12.4. The second-order valence-electron chi connectivity index (χ2n) is 6.33. The Kier molecular flexibility index (Phi) is 7.15. The fourth-order valence-corrected chi connectivity index (χ4v) is 4.76. The summed E-state index contributed by atoms with van der Waals surface area (Å²) in [4.78, 5) is 38.3. The molecule has 1 saturated heterocycles. The van der Waals surface area contributed by atoms with Gasteiger partial charge in [-0.05, 0) is 19.4 Å². The van der Waals surface area contributed by atoms with Gasteiger partial charge in [0.2, 0.25) is 15.9 Å². The van der Waals surface area contributed by atoms with Crippen LogP contribution in [0.25, 0.3) is 0 Å². The van der Waals surface area contributed by atoms with Crippen LogP contribution in [0.15, 0.2) is 0 Å². The number of carbonyl (C=O) groups is 3. The highest BCUT2D eigenvalue weighted by Crippen LogP contribution is 2.33. The highest BCUT2D eigenvalue weighted by molar-refractivity contribution is 7.88. The first-order valence-electron chi connectivity index (χ1n) is 8.62. The Hall–Kier alpha value is -2.02. The molecule has 1 aliphatic rings. The van der Waals surface area contributed by atoms with Gasteiger partial charge < -0.3 is 15.8 Å².